The van der Waals surface area contributed by atoms with Crippen LogP contribution in [0.2, 0.25) is 0 Å². The molecule has 0 bridgehead atoms. The van der Waals surface area contributed by atoms with Gasteiger partial charge in [-0.3, -0.25) is 0 Å². The van der Waals surface area contributed by atoms with Gasteiger partial charge in [-0.2, -0.15) is 0 Å². The van der Waals surface area contributed by atoms with Crippen molar-refractivity contribution in [1.82, 2.24) is 10.2 Å². The van der Waals surface area contributed by atoms with Crippen LogP contribution in [0.15, 0.2) is 0 Å². The molecular formula is C11H23N3O. The molecule has 15 heavy (non-hydrogen) atoms. The zero-order chi connectivity index (χ0) is 11.3. The molecule has 4 nitrogen and oxygen atoms in total. The summed E-state index contributed by atoms with van der Waals surface area (Å²) < 4.78 is 0. The standard InChI is InChI=1S/C11H23N3O/c1-3-5-7-13-10(15)14-8-11(12,9-14)6-4-2/h3-9,12H2,1-2H3,(H,13,15). The van der Waals surface area contributed by atoms with Crippen LogP contribution in [0.1, 0.15) is 39.5 Å². The van der Waals surface area contributed by atoms with Crippen molar-refractivity contribution >= 4 is 6.03 Å². The highest BCUT2D eigenvalue weighted by Gasteiger charge is 2.40. The van der Waals surface area contributed by atoms with Crippen molar-refractivity contribution in [3.8, 4) is 0 Å². The second-order valence-electron chi connectivity index (χ2n) is 4.55. The number of nitrogens with two attached hydrogens (primary N) is 1. The van der Waals surface area contributed by atoms with E-state index in [1.807, 2.05) is 0 Å². The molecule has 0 saturated carbocycles. The summed E-state index contributed by atoms with van der Waals surface area (Å²) in [4.78, 5) is 13.3. The zero-order valence-electron chi connectivity index (χ0n) is 9.88. The summed E-state index contributed by atoms with van der Waals surface area (Å²) >= 11 is 0. The Morgan fingerprint density at radius 2 is 2.07 bits per heavy atom. The van der Waals surface area contributed by atoms with E-state index in [0.29, 0.717) is 13.1 Å². The average molecular weight is 213 g/mol. The van der Waals surface area contributed by atoms with Gasteiger partial charge in [0.2, 0.25) is 0 Å². The number of likely N-dealkylation sites (tertiary alicyclic amines) is 1. The van der Waals surface area contributed by atoms with Crippen LogP contribution in [-0.4, -0.2) is 36.1 Å². The Kier molecular flexibility index (Phi) is 4.39. The van der Waals surface area contributed by atoms with Crippen LogP contribution < -0.4 is 11.1 Å². The number of unbranched alkanes of at least 4 members (excludes halogenated alkanes) is 1. The first-order valence-corrected chi connectivity index (χ1v) is 5.93. The Morgan fingerprint density at radius 1 is 1.40 bits per heavy atom. The monoisotopic (exact) mass is 213 g/mol. The summed E-state index contributed by atoms with van der Waals surface area (Å²) in [7, 11) is 0. The van der Waals surface area contributed by atoms with Gasteiger partial charge in [0.1, 0.15) is 0 Å². The fraction of sp³-hybridized carbons (Fsp3) is 0.909. The van der Waals surface area contributed by atoms with E-state index < -0.39 is 0 Å². The number of hydrogen-bond donors (Lipinski definition) is 2. The lowest BCUT2D eigenvalue weighted by Crippen LogP contribution is -2.69. The molecule has 1 fully saturated rings. The summed E-state index contributed by atoms with van der Waals surface area (Å²) in [5.74, 6) is 0. The highest BCUT2D eigenvalue weighted by atomic mass is 16.2. The van der Waals surface area contributed by atoms with E-state index in [2.05, 4.69) is 19.2 Å². The zero-order valence-corrected chi connectivity index (χ0v) is 9.88. The fourth-order valence-corrected chi connectivity index (χ4v) is 2.00. The van der Waals surface area contributed by atoms with E-state index in [-0.39, 0.29) is 11.6 Å². The molecule has 4 heteroatoms. The summed E-state index contributed by atoms with van der Waals surface area (Å²) in [6.45, 7) is 6.43. The minimum absolute atomic E-state index is 0.0422. The number of rotatable bonds is 5. The fourth-order valence-electron chi connectivity index (χ4n) is 2.00. The molecular weight excluding hydrogens is 190 g/mol. The number of nitrogens with zero attached hydrogens (tertiary/aromatic N) is 1. The molecule has 3 N–H and O–H groups in total. The lowest BCUT2D eigenvalue weighted by Gasteiger charge is -2.47. The Balaban J connectivity index is 2.17. The van der Waals surface area contributed by atoms with Gasteiger partial charge in [-0.15, -0.1) is 0 Å². The summed E-state index contributed by atoms with van der Waals surface area (Å²) in [6.07, 6.45) is 4.24. The molecule has 1 aliphatic heterocycles. The van der Waals surface area contributed by atoms with Crippen LogP contribution in [0.4, 0.5) is 4.79 Å². The van der Waals surface area contributed by atoms with E-state index in [1.165, 1.54) is 0 Å². The van der Waals surface area contributed by atoms with Crippen LogP contribution in [0, 0.1) is 0 Å². The maximum absolute atomic E-state index is 11.6. The molecule has 2 amide bonds. The van der Waals surface area contributed by atoms with Gasteiger partial charge in [-0.25, -0.2) is 4.79 Å². The molecule has 0 aromatic heterocycles. The van der Waals surface area contributed by atoms with Crippen LogP contribution in [-0.2, 0) is 0 Å². The first-order chi connectivity index (χ1) is 7.11. The maximum atomic E-state index is 11.6. The van der Waals surface area contributed by atoms with Crippen LogP contribution in [0.25, 0.3) is 0 Å². The highest BCUT2D eigenvalue weighted by molar-refractivity contribution is 5.75. The number of carbonyl (C=O) groups excluding carboxylic acids is 1. The van der Waals surface area contributed by atoms with Crippen molar-refractivity contribution in [1.29, 1.82) is 0 Å². The molecule has 0 atom stereocenters. The van der Waals surface area contributed by atoms with Gasteiger partial charge in [0.15, 0.2) is 0 Å². The smallest absolute Gasteiger partial charge is 0.317 e. The van der Waals surface area contributed by atoms with Crippen LogP contribution >= 0.6 is 0 Å². The Labute approximate surface area is 92.2 Å². The number of nitrogens with one attached hydrogen (secondary N) is 1. The van der Waals surface area contributed by atoms with Crippen LogP contribution in [0.5, 0.6) is 0 Å². The van der Waals surface area contributed by atoms with Crippen molar-refractivity contribution in [3.63, 3.8) is 0 Å². The van der Waals surface area contributed by atoms with E-state index >= 15 is 0 Å². The first-order valence-electron chi connectivity index (χ1n) is 5.93. The molecule has 0 aromatic rings. The second-order valence-corrected chi connectivity index (χ2v) is 4.55. The molecule has 1 saturated heterocycles. The van der Waals surface area contributed by atoms with Crippen molar-refractivity contribution < 1.29 is 4.79 Å². The van der Waals surface area contributed by atoms with Crippen molar-refractivity contribution in [3.05, 3.63) is 0 Å². The van der Waals surface area contributed by atoms with Gasteiger partial charge in [-0.05, 0) is 12.8 Å². The van der Waals surface area contributed by atoms with Gasteiger partial charge in [0.05, 0.1) is 5.54 Å². The third kappa shape index (κ3) is 3.38. The predicted octanol–water partition coefficient (Wildman–Crippen LogP) is 1.31. The van der Waals surface area contributed by atoms with E-state index in [0.717, 1.165) is 32.2 Å². The van der Waals surface area contributed by atoms with Crippen LogP contribution in [0.3, 0.4) is 0 Å². The largest absolute Gasteiger partial charge is 0.338 e. The van der Waals surface area contributed by atoms with Gasteiger partial charge >= 0.3 is 6.03 Å². The predicted molar refractivity (Wildman–Crippen MR) is 61.7 cm³/mol. The molecule has 88 valence electrons. The summed E-state index contributed by atoms with van der Waals surface area (Å²) in [5.41, 5.74) is 5.96. The molecule has 1 heterocycles. The van der Waals surface area contributed by atoms with Gasteiger partial charge in [0, 0.05) is 19.6 Å². The number of carbonyl (C=O) groups is 1. The lowest BCUT2D eigenvalue weighted by molar-refractivity contribution is 0.0899. The molecule has 0 unspecified atom stereocenters. The molecule has 0 spiro atoms. The lowest BCUT2D eigenvalue weighted by atomic mass is 9.87. The normalized spacial score (nSPS) is 18.5. The maximum Gasteiger partial charge on any atom is 0.317 e. The van der Waals surface area contributed by atoms with E-state index in [4.69, 9.17) is 5.73 Å². The number of amides is 2. The topological polar surface area (TPSA) is 58.4 Å². The third-order valence-electron chi connectivity index (χ3n) is 2.85. The van der Waals surface area contributed by atoms with Crippen molar-refractivity contribution in [2.75, 3.05) is 19.6 Å². The minimum Gasteiger partial charge on any atom is -0.338 e. The number of hydrogen-bond acceptors (Lipinski definition) is 2. The van der Waals surface area contributed by atoms with E-state index in [1.54, 1.807) is 4.90 Å². The highest BCUT2D eigenvalue weighted by Crippen LogP contribution is 2.22. The van der Waals surface area contributed by atoms with E-state index in [9.17, 15) is 4.79 Å². The Morgan fingerprint density at radius 3 is 2.60 bits per heavy atom. The summed E-state index contributed by atoms with van der Waals surface area (Å²) in [6, 6.07) is 0.0422. The Bertz CT molecular complexity index is 212. The van der Waals surface area contributed by atoms with Gasteiger partial charge in [0.25, 0.3) is 0 Å². The van der Waals surface area contributed by atoms with Gasteiger partial charge in [-0.1, -0.05) is 26.7 Å². The molecule has 1 rings (SSSR count). The minimum atomic E-state index is -0.114. The van der Waals surface area contributed by atoms with Crippen molar-refractivity contribution in [2.45, 2.75) is 45.1 Å². The first kappa shape index (κ1) is 12.3. The average Bonchev–Trinajstić information content (AvgIpc) is 2.14. The molecule has 0 aliphatic carbocycles. The quantitative estimate of drug-likeness (QED) is 0.676. The molecule has 1 aliphatic rings. The van der Waals surface area contributed by atoms with Crippen molar-refractivity contribution in [2.24, 2.45) is 5.73 Å². The van der Waals surface area contributed by atoms with Gasteiger partial charge < -0.3 is 16.0 Å². The Hall–Kier alpha value is -0.770. The molecule has 0 aromatic carbocycles. The number of urea groups is 1. The third-order valence-corrected chi connectivity index (χ3v) is 2.85. The summed E-state index contributed by atoms with van der Waals surface area (Å²) in [5, 5.41) is 2.90. The SMILES string of the molecule is CCCCNC(=O)N1CC(N)(CCC)C1. The second kappa shape index (κ2) is 5.35. The molecule has 0 radical (unpaired) electrons.